The van der Waals surface area contributed by atoms with E-state index in [0.717, 1.165) is 23.0 Å². The molecule has 0 aliphatic carbocycles. The first-order valence-corrected chi connectivity index (χ1v) is 8.20. The van der Waals surface area contributed by atoms with E-state index in [1.165, 1.54) is 6.07 Å². The molecule has 1 atom stereocenters. The predicted octanol–water partition coefficient (Wildman–Crippen LogP) is 5.53. The molecule has 0 aliphatic heterocycles. The van der Waals surface area contributed by atoms with E-state index in [-0.39, 0.29) is 11.9 Å². The highest BCUT2D eigenvalue weighted by Gasteiger charge is 2.16. The predicted molar refractivity (Wildman–Crippen MR) is 90.3 cm³/mol. The van der Waals surface area contributed by atoms with E-state index >= 15 is 0 Å². The molecule has 4 heteroatoms. The van der Waals surface area contributed by atoms with E-state index in [2.05, 4.69) is 34.2 Å². The standard InChI is InChI=1S/C17H18BrClFN/c1-2-9-21-17(14-5-3-4-6-15(14)18)11-12-10-13(19)7-8-16(12)20/h3-8,10,17,21H,2,9,11H2,1H3. The van der Waals surface area contributed by atoms with Crippen molar-refractivity contribution in [1.29, 1.82) is 0 Å². The fraction of sp³-hybridized carbons (Fsp3) is 0.294. The van der Waals surface area contributed by atoms with Crippen molar-refractivity contribution in [2.24, 2.45) is 0 Å². The van der Waals surface area contributed by atoms with Gasteiger partial charge in [0, 0.05) is 15.5 Å². The van der Waals surface area contributed by atoms with Crippen LogP contribution >= 0.6 is 27.5 Å². The molecule has 1 N–H and O–H groups in total. The molecule has 0 bridgehead atoms. The Balaban J connectivity index is 2.28. The summed E-state index contributed by atoms with van der Waals surface area (Å²) in [4.78, 5) is 0. The Labute approximate surface area is 138 Å². The molecule has 21 heavy (non-hydrogen) atoms. The Morgan fingerprint density at radius 2 is 2.00 bits per heavy atom. The second kappa shape index (κ2) is 7.92. The van der Waals surface area contributed by atoms with E-state index in [0.29, 0.717) is 17.0 Å². The van der Waals surface area contributed by atoms with E-state index in [9.17, 15) is 4.39 Å². The fourth-order valence-corrected chi connectivity index (χ4v) is 3.04. The number of hydrogen-bond acceptors (Lipinski definition) is 1. The molecule has 0 spiro atoms. The first kappa shape index (κ1) is 16.5. The van der Waals surface area contributed by atoms with Gasteiger partial charge in [-0.15, -0.1) is 0 Å². The van der Waals surface area contributed by atoms with Gasteiger partial charge in [0.15, 0.2) is 0 Å². The van der Waals surface area contributed by atoms with Crippen LogP contribution in [-0.4, -0.2) is 6.54 Å². The van der Waals surface area contributed by atoms with Crippen LogP contribution < -0.4 is 5.32 Å². The van der Waals surface area contributed by atoms with E-state index < -0.39 is 0 Å². The lowest BCUT2D eigenvalue weighted by Gasteiger charge is -2.21. The van der Waals surface area contributed by atoms with Crippen LogP contribution in [-0.2, 0) is 6.42 Å². The van der Waals surface area contributed by atoms with Crippen molar-refractivity contribution in [3.8, 4) is 0 Å². The van der Waals surface area contributed by atoms with Gasteiger partial charge in [0.05, 0.1) is 0 Å². The average molecular weight is 371 g/mol. The molecule has 0 aliphatic rings. The highest BCUT2D eigenvalue weighted by molar-refractivity contribution is 9.10. The Bertz CT molecular complexity index is 603. The second-order valence-electron chi connectivity index (χ2n) is 4.97. The van der Waals surface area contributed by atoms with Crippen molar-refractivity contribution in [1.82, 2.24) is 5.32 Å². The molecule has 1 unspecified atom stereocenters. The van der Waals surface area contributed by atoms with E-state index in [1.54, 1.807) is 12.1 Å². The van der Waals surface area contributed by atoms with Crippen LogP contribution in [0.25, 0.3) is 0 Å². The van der Waals surface area contributed by atoms with Crippen LogP contribution in [0, 0.1) is 5.82 Å². The minimum Gasteiger partial charge on any atom is -0.310 e. The summed E-state index contributed by atoms with van der Waals surface area (Å²) in [6.07, 6.45) is 1.59. The zero-order chi connectivity index (χ0) is 15.2. The van der Waals surface area contributed by atoms with Crippen LogP contribution in [0.15, 0.2) is 46.9 Å². The Morgan fingerprint density at radius 3 is 2.71 bits per heavy atom. The van der Waals surface area contributed by atoms with Gasteiger partial charge in [0.25, 0.3) is 0 Å². The largest absolute Gasteiger partial charge is 0.310 e. The summed E-state index contributed by atoms with van der Waals surface area (Å²) in [5, 5.41) is 4.04. The second-order valence-corrected chi connectivity index (χ2v) is 6.26. The summed E-state index contributed by atoms with van der Waals surface area (Å²) in [6, 6.07) is 12.8. The molecule has 0 radical (unpaired) electrons. The SMILES string of the molecule is CCCNC(Cc1cc(Cl)ccc1F)c1ccccc1Br. The molecule has 0 heterocycles. The van der Waals surface area contributed by atoms with Gasteiger partial charge in [-0.25, -0.2) is 4.39 Å². The van der Waals surface area contributed by atoms with Gasteiger partial charge >= 0.3 is 0 Å². The summed E-state index contributed by atoms with van der Waals surface area (Å²) >= 11 is 9.56. The number of rotatable bonds is 6. The van der Waals surface area contributed by atoms with E-state index in [4.69, 9.17) is 11.6 Å². The maximum atomic E-state index is 14.0. The molecule has 0 saturated heterocycles. The molecule has 1 nitrogen and oxygen atoms in total. The maximum Gasteiger partial charge on any atom is 0.126 e. The zero-order valence-electron chi connectivity index (χ0n) is 11.9. The number of benzene rings is 2. The molecule has 0 saturated carbocycles. The topological polar surface area (TPSA) is 12.0 Å². The van der Waals surface area contributed by atoms with Gasteiger partial charge < -0.3 is 5.32 Å². The molecule has 112 valence electrons. The molecule has 0 fully saturated rings. The molecule has 2 aromatic rings. The van der Waals surface area contributed by atoms with Crippen molar-refractivity contribution in [2.75, 3.05) is 6.54 Å². The van der Waals surface area contributed by atoms with Crippen molar-refractivity contribution in [2.45, 2.75) is 25.8 Å². The quantitative estimate of drug-likeness (QED) is 0.705. The Kier molecular flexibility index (Phi) is 6.22. The zero-order valence-corrected chi connectivity index (χ0v) is 14.2. The molecule has 0 aromatic heterocycles. The van der Waals surface area contributed by atoms with Crippen molar-refractivity contribution < 1.29 is 4.39 Å². The minimum atomic E-state index is -0.213. The molecular weight excluding hydrogens is 353 g/mol. The molecule has 2 rings (SSSR count). The summed E-state index contributed by atoms with van der Waals surface area (Å²) in [5.41, 5.74) is 1.76. The smallest absolute Gasteiger partial charge is 0.126 e. The molecular formula is C17H18BrClFN. The summed E-state index contributed by atoms with van der Waals surface area (Å²) < 4.78 is 15.0. The lowest BCUT2D eigenvalue weighted by atomic mass is 9.98. The highest BCUT2D eigenvalue weighted by atomic mass is 79.9. The normalized spacial score (nSPS) is 12.4. The third-order valence-electron chi connectivity index (χ3n) is 3.35. The summed E-state index contributed by atoms with van der Waals surface area (Å²) in [6.45, 7) is 3.00. The van der Waals surface area contributed by atoms with Gasteiger partial charge in [0.1, 0.15) is 5.82 Å². The van der Waals surface area contributed by atoms with Crippen LogP contribution in [0.4, 0.5) is 4.39 Å². The number of nitrogens with one attached hydrogen (secondary N) is 1. The lowest BCUT2D eigenvalue weighted by molar-refractivity contribution is 0.511. The Hall–Kier alpha value is -0.900. The van der Waals surface area contributed by atoms with Crippen molar-refractivity contribution in [3.63, 3.8) is 0 Å². The monoisotopic (exact) mass is 369 g/mol. The first-order valence-electron chi connectivity index (χ1n) is 7.03. The lowest BCUT2D eigenvalue weighted by Crippen LogP contribution is -2.24. The van der Waals surface area contributed by atoms with Gasteiger partial charge in [-0.2, -0.15) is 0 Å². The third kappa shape index (κ3) is 4.53. The van der Waals surface area contributed by atoms with Gasteiger partial charge in [0.2, 0.25) is 0 Å². The maximum absolute atomic E-state index is 14.0. The number of hydrogen-bond donors (Lipinski definition) is 1. The molecule has 0 amide bonds. The Morgan fingerprint density at radius 1 is 1.24 bits per heavy atom. The van der Waals surface area contributed by atoms with Gasteiger partial charge in [-0.1, -0.05) is 52.7 Å². The highest BCUT2D eigenvalue weighted by Crippen LogP contribution is 2.27. The average Bonchev–Trinajstić information content (AvgIpc) is 2.48. The minimum absolute atomic E-state index is 0.0495. The summed E-state index contributed by atoms with van der Waals surface area (Å²) in [7, 11) is 0. The first-order chi connectivity index (χ1) is 10.1. The van der Waals surface area contributed by atoms with Gasteiger partial charge in [-0.3, -0.25) is 0 Å². The van der Waals surface area contributed by atoms with Crippen LogP contribution in [0.3, 0.4) is 0 Å². The third-order valence-corrected chi connectivity index (χ3v) is 4.31. The van der Waals surface area contributed by atoms with Gasteiger partial charge in [-0.05, 0) is 54.8 Å². The molecule has 2 aromatic carbocycles. The number of halogens is 3. The van der Waals surface area contributed by atoms with Crippen LogP contribution in [0.5, 0.6) is 0 Å². The van der Waals surface area contributed by atoms with Crippen LogP contribution in [0.2, 0.25) is 5.02 Å². The van der Waals surface area contributed by atoms with Crippen LogP contribution in [0.1, 0.15) is 30.5 Å². The van der Waals surface area contributed by atoms with Crippen molar-refractivity contribution in [3.05, 3.63) is 68.9 Å². The fourth-order valence-electron chi connectivity index (χ4n) is 2.29. The van der Waals surface area contributed by atoms with Crippen molar-refractivity contribution >= 4 is 27.5 Å². The summed E-state index contributed by atoms with van der Waals surface area (Å²) in [5.74, 6) is -0.213. The van der Waals surface area contributed by atoms with E-state index in [1.807, 2.05) is 18.2 Å².